The maximum Gasteiger partial charge on any atom is 0.0301 e. The van der Waals surface area contributed by atoms with Crippen molar-refractivity contribution in [2.75, 3.05) is 14.1 Å². The molecule has 1 heteroatoms. The topological polar surface area (TPSA) is 3.24 Å². The van der Waals surface area contributed by atoms with E-state index in [9.17, 15) is 0 Å². The minimum absolute atomic E-state index is 0.648. The van der Waals surface area contributed by atoms with Gasteiger partial charge in [0, 0.05) is 6.04 Å². The SMILES string of the molecule is C=C1C(C)CCC1N(C)C. The van der Waals surface area contributed by atoms with Crippen LogP contribution in [0.5, 0.6) is 0 Å². The van der Waals surface area contributed by atoms with Gasteiger partial charge >= 0.3 is 0 Å². The van der Waals surface area contributed by atoms with Crippen LogP contribution in [-0.4, -0.2) is 25.0 Å². The fourth-order valence-electron chi connectivity index (χ4n) is 1.70. The second kappa shape index (κ2) is 2.75. The Morgan fingerprint density at radius 2 is 2.00 bits per heavy atom. The van der Waals surface area contributed by atoms with Crippen LogP contribution in [0.3, 0.4) is 0 Å². The minimum atomic E-state index is 0.648. The van der Waals surface area contributed by atoms with Gasteiger partial charge in [0.1, 0.15) is 0 Å². The van der Waals surface area contributed by atoms with Crippen molar-refractivity contribution >= 4 is 0 Å². The summed E-state index contributed by atoms with van der Waals surface area (Å²) in [5.41, 5.74) is 1.42. The Labute approximate surface area is 63.7 Å². The molecule has 0 radical (unpaired) electrons. The Bertz CT molecular complexity index is 138. The highest BCUT2D eigenvalue weighted by Gasteiger charge is 2.26. The summed E-state index contributed by atoms with van der Waals surface area (Å²) in [4.78, 5) is 2.27. The lowest BCUT2D eigenvalue weighted by atomic mass is 10.1. The van der Waals surface area contributed by atoms with Crippen LogP contribution in [0.2, 0.25) is 0 Å². The van der Waals surface area contributed by atoms with Gasteiger partial charge in [0.2, 0.25) is 0 Å². The van der Waals surface area contributed by atoms with Crippen molar-refractivity contribution in [1.82, 2.24) is 4.90 Å². The number of nitrogens with zero attached hydrogens (tertiary/aromatic N) is 1. The van der Waals surface area contributed by atoms with Gasteiger partial charge in [-0.25, -0.2) is 0 Å². The molecule has 0 aromatic heterocycles. The molecule has 1 aliphatic carbocycles. The van der Waals surface area contributed by atoms with Crippen molar-refractivity contribution in [2.45, 2.75) is 25.8 Å². The van der Waals surface area contributed by atoms with Gasteiger partial charge in [0.15, 0.2) is 0 Å². The molecule has 2 atom stereocenters. The monoisotopic (exact) mass is 139 g/mol. The van der Waals surface area contributed by atoms with E-state index < -0.39 is 0 Å². The predicted molar refractivity (Wildman–Crippen MR) is 45.0 cm³/mol. The second-order valence-corrected chi connectivity index (χ2v) is 3.53. The molecule has 0 bridgehead atoms. The summed E-state index contributed by atoms with van der Waals surface area (Å²) in [6.45, 7) is 6.37. The third-order valence-corrected chi connectivity index (χ3v) is 2.56. The standard InChI is InChI=1S/C9H17N/c1-7-5-6-9(8(7)2)10(3)4/h7,9H,2,5-6H2,1,3-4H3. The zero-order chi connectivity index (χ0) is 7.72. The van der Waals surface area contributed by atoms with Gasteiger partial charge < -0.3 is 4.90 Å². The van der Waals surface area contributed by atoms with E-state index in [1.54, 1.807) is 0 Å². The third kappa shape index (κ3) is 1.24. The molecule has 0 heterocycles. The summed E-state index contributed by atoms with van der Waals surface area (Å²) in [6.07, 6.45) is 2.62. The van der Waals surface area contributed by atoms with Crippen molar-refractivity contribution < 1.29 is 0 Å². The molecule has 0 amide bonds. The molecule has 0 aliphatic heterocycles. The van der Waals surface area contributed by atoms with Crippen molar-refractivity contribution in [1.29, 1.82) is 0 Å². The fourth-order valence-corrected chi connectivity index (χ4v) is 1.70. The summed E-state index contributed by atoms with van der Waals surface area (Å²) in [6, 6.07) is 0.648. The van der Waals surface area contributed by atoms with Crippen LogP contribution in [0.1, 0.15) is 19.8 Å². The van der Waals surface area contributed by atoms with Crippen LogP contribution in [-0.2, 0) is 0 Å². The van der Waals surface area contributed by atoms with Crippen molar-refractivity contribution in [2.24, 2.45) is 5.92 Å². The summed E-state index contributed by atoms with van der Waals surface area (Å²) >= 11 is 0. The highest BCUT2D eigenvalue weighted by atomic mass is 15.1. The largest absolute Gasteiger partial charge is 0.303 e. The number of hydrogen-bond acceptors (Lipinski definition) is 1. The van der Waals surface area contributed by atoms with Crippen molar-refractivity contribution in [3.63, 3.8) is 0 Å². The molecule has 1 rings (SSSR count). The van der Waals surface area contributed by atoms with E-state index in [1.807, 2.05) is 0 Å². The van der Waals surface area contributed by atoms with Gasteiger partial charge in [0.25, 0.3) is 0 Å². The van der Waals surface area contributed by atoms with E-state index in [4.69, 9.17) is 0 Å². The Morgan fingerprint density at radius 3 is 2.20 bits per heavy atom. The number of rotatable bonds is 1. The first-order chi connectivity index (χ1) is 4.63. The molecule has 0 spiro atoms. The van der Waals surface area contributed by atoms with Gasteiger partial charge in [-0.05, 0) is 32.9 Å². The van der Waals surface area contributed by atoms with Crippen LogP contribution >= 0.6 is 0 Å². The molecule has 1 saturated carbocycles. The first-order valence-electron chi connectivity index (χ1n) is 3.98. The van der Waals surface area contributed by atoms with Gasteiger partial charge in [-0.3, -0.25) is 0 Å². The van der Waals surface area contributed by atoms with Gasteiger partial charge in [-0.1, -0.05) is 19.1 Å². The Hall–Kier alpha value is -0.300. The molecule has 1 aliphatic rings. The Kier molecular flexibility index (Phi) is 2.14. The van der Waals surface area contributed by atoms with E-state index in [2.05, 4.69) is 32.5 Å². The van der Waals surface area contributed by atoms with Crippen LogP contribution in [0.15, 0.2) is 12.2 Å². The summed E-state index contributed by atoms with van der Waals surface area (Å²) in [7, 11) is 4.27. The van der Waals surface area contributed by atoms with E-state index in [-0.39, 0.29) is 0 Å². The lowest BCUT2D eigenvalue weighted by molar-refractivity contribution is 0.335. The number of hydrogen-bond donors (Lipinski definition) is 0. The quantitative estimate of drug-likeness (QED) is 0.501. The lowest BCUT2D eigenvalue weighted by Crippen LogP contribution is -2.26. The maximum atomic E-state index is 4.10. The average molecular weight is 139 g/mol. The molecule has 0 saturated heterocycles. The zero-order valence-electron chi connectivity index (χ0n) is 7.22. The molecule has 0 aromatic rings. The molecular weight excluding hydrogens is 122 g/mol. The zero-order valence-corrected chi connectivity index (χ0v) is 7.22. The molecule has 58 valence electrons. The normalized spacial score (nSPS) is 33.8. The highest BCUT2D eigenvalue weighted by Crippen LogP contribution is 2.31. The van der Waals surface area contributed by atoms with Crippen LogP contribution in [0.4, 0.5) is 0 Å². The van der Waals surface area contributed by atoms with Crippen LogP contribution in [0, 0.1) is 5.92 Å². The molecule has 0 N–H and O–H groups in total. The molecule has 1 fully saturated rings. The van der Waals surface area contributed by atoms with Crippen LogP contribution < -0.4 is 0 Å². The van der Waals surface area contributed by atoms with Crippen molar-refractivity contribution in [3.05, 3.63) is 12.2 Å². The minimum Gasteiger partial charge on any atom is -0.303 e. The summed E-state index contributed by atoms with van der Waals surface area (Å²) < 4.78 is 0. The van der Waals surface area contributed by atoms with Gasteiger partial charge in [-0.2, -0.15) is 0 Å². The first-order valence-corrected chi connectivity index (χ1v) is 3.98. The smallest absolute Gasteiger partial charge is 0.0301 e. The highest BCUT2D eigenvalue weighted by molar-refractivity contribution is 5.14. The molecule has 0 aromatic carbocycles. The fraction of sp³-hybridized carbons (Fsp3) is 0.778. The number of likely N-dealkylation sites (N-methyl/N-ethyl adjacent to an activating group) is 1. The van der Waals surface area contributed by atoms with Gasteiger partial charge in [-0.15, -0.1) is 0 Å². The van der Waals surface area contributed by atoms with E-state index in [0.717, 1.165) is 5.92 Å². The second-order valence-electron chi connectivity index (χ2n) is 3.53. The molecule has 10 heavy (non-hydrogen) atoms. The average Bonchev–Trinajstić information content (AvgIpc) is 2.14. The molecule has 2 unspecified atom stereocenters. The van der Waals surface area contributed by atoms with Crippen LogP contribution in [0.25, 0.3) is 0 Å². The molecular formula is C9H17N. The van der Waals surface area contributed by atoms with E-state index in [1.165, 1.54) is 18.4 Å². The first kappa shape index (κ1) is 7.80. The van der Waals surface area contributed by atoms with E-state index >= 15 is 0 Å². The van der Waals surface area contributed by atoms with Crippen molar-refractivity contribution in [3.8, 4) is 0 Å². The third-order valence-electron chi connectivity index (χ3n) is 2.56. The summed E-state index contributed by atoms with van der Waals surface area (Å²) in [5, 5.41) is 0. The lowest BCUT2D eigenvalue weighted by Gasteiger charge is -2.20. The van der Waals surface area contributed by atoms with E-state index in [0.29, 0.717) is 6.04 Å². The Morgan fingerprint density at radius 1 is 1.40 bits per heavy atom. The molecule has 1 nitrogen and oxygen atoms in total. The predicted octanol–water partition coefficient (Wildman–Crippen LogP) is 1.90. The maximum absolute atomic E-state index is 4.10. The van der Waals surface area contributed by atoms with Gasteiger partial charge in [0.05, 0.1) is 0 Å². The summed E-state index contributed by atoms with van der Waals surface area (Å²) in [5.74, 6) is 0.743. The Balaban J connectivity index is 2.57.